The molecule has 0 aromatic carbocycles. The summed E-state index contributed by atoms with van der Waals surface area (Å²) in [5.41, 5.74) is 13.6. The van der Waals surface area contributed by atoms with Crippen LogP contribution < -0.4 is 11.5 Å². The van der Waals surface area contributed by atoms with Crippen LogP contribution in [0.15, 0.2) is 0 Å². The molecule has 16 heavy (non-hydrogen) atoms. The van der Waals surface area contributed by atoms with Gasteiger partial charge in [0.25, 0.3) is 0 Å². The summed E-state index contributed by atoms with van der Waals surface area (Å²) < 4.78 is 0. The van der Waals surface area contributed by atoms with E-state index in [0.717, 1.165) is 19.0 Å². The summed E-state index contributed by atoms with van der Waals surface area (Å²) in [6, 6.07) is 0. The molecule has 2 nitrogen and oxygen atoms in total. The molecule has 4 bridgehead atoms. The van der Waals surface area contributed by atoms with Crippen LogP contribution in [0.25, 0.3) is 0 Å². The summed E-state index contributed by atoms with van der Waals surface area (Å²) in [6.45, 7) is 4.28. The highest BCUT2D eigenvalue weighted by atomic mass is 14.7. The fourth-order valence-corrected chi connectivity index (χ4v) is 6.18. The Morgan fingerprint density at radius 1 is 1.00 bits per heavy atom. The van der Waals surface area contributed by atoms with Gasteiger partial charge in [-0.1, -0.05) is 6.92 Å². The molecular weight excluding hydrogens is 196 g/mol. The zero-order valence-corrected chi connectivity index (χ0v) is 10.6. The molecular formula is C14H26N2. The zero-order valence-electron chi connectivity index (χ0n) is 10.6. The van der Waals surface area contributed by atoms with Crippen molar-refractivity contribution in [1.29, 1.82) is 0 Å². The zero-order chi connectivity index (χ0) is 11.4. The first-order chi connectivity index (χ1) is 7.53. The SMILES string of the molecule is C[C@@]12C[C@H]3C[C@@](CCN)(C1)C[C@](CN)(C3)C2. The Bertz CT molecular complexity index is 303. The standard InChI is InChI=1S/C14H26N2/c1-12-4-11-5-13(7-12,2-3-15)9-14(6-11,8-12)10-16/h11H,2-10,15-16H2,1H3/t11-,12+,13-,14-/m0/s1. The first-order valence-electron chi connectivity index (χ1n) is 6.93. The summed E-state index contributed by atoms with van der Waals surface area (Å²) in [5.74, 6) is 0.955. The molecule has 4 atom stereocenters. The van der Waals surface area contributed by atoms with Crippen LogP contribution in [0.5, 0.6) is 0 Å². The topological polar surface area (TPSA) is 52.0 Å². The van der Waals surface area contributed by atoms with Crippen molar-refractivity contribution in [1.82, 2.24) is 0 Å². The maximum atomic E-state index is 6.11. The lowest BCUT2D eigenvalue weighted by Gasteiger charge is -2.66. The van der Waals surface area contributed by atoms with Gasteiger partial charge in [0.2, 0.25) is 0 Å². The lowest BCUT2D eigenvalue weighted by atomic mass is 9.39. The van der Waals surface area contributed by atoms with Crippen LogP contribution in [0, 0.1) is 22.2 Å². The van der Waals surface area contributed by atoms with Crippen molar-refractivity contribution >= 4 is 0 Å². The monoisotopic (exact) mass is 222 g/mol. The van der Waals surface area contributed by atoms with E-state index in [-0.39, 0.29) is 0 Å². The van der Waals surface area contributed by atoms with E-state index in [1.807, 2.05) is 0 Å². The van der Waals surface area contributed by atoms with Gasteiger partial charge < -0.3 is 11.5 Å². The minimum atomic E-state index is 0.489. The second-order valence-electron chi connectivity index (χ2n) is 7.56. The van der Waals surface area contributed by atoms with Crippen LogP contribution in [0.1, 0.15) is 51.9 Å². The predicted octanol–water partition coefficient (Wildman–Crippen LogP) is 2.27. The maximum Gasteiger partial charge on any atom is -0.00200 e. The minimum absolute atomic E-state index is 0.489. The number of nitrogens with two attached hydrogens (primary N) is 2. The van der Waals surface area contributed by atoms with Crippen molar-refractivity contribution in [2.45, 2.75) is 51.9 Å². The summed E-state index contributed by atoms with van der Waals surface area (Å²) in [5, 5.41) is 0. The predicted molar refractivity (Wildman–Crippen MR) is 66.9 cm³/mol. The molecule has 0 heterocycles. The summed E-state index contributed by atoms with van der Waals surface area (Å²) in [4.78, 5) is 0. The third kappa shape index (κ3) is 1.46. The van der Waals surface area contributed by atoms with Crippen molar-refractivity contribution in [3.8, 4) is 0 Å². The number of hydrogen-bond donors (Lipinski definition) is 2. The molecule has 0 radical (unpaired) electrons. The Balaban J connectivity index is 1.95. The van der Waals surface area contributed by atoms with Crippen LogP contribution >= 0.6 is 0 Å². The normalized spacial score (nSPS) is 54.6. The van der Waals surface area contributed by atoms with Gasteiger partial charge in [0.15, 0.2) is 0 Å². The molecule has 0 saturated heterocycles. The van der Waals surface area contributed by atoms with Gasteiger partial charge in [0.05, 0.1) is 0 Å². The molecule has 0 unspecified atom stereocenters. The average Bonchev–Trinajstić information content (AvgIpc) is 2.13. The Morgan fingerprint density at radius 3 is 2.31 bits per heavy atom. The maximum absolute atomic E-state index is 6.11. The van der Waals surface area contributed by atoms with Crippen LogP contribution in [0.2, 0.25) is 0 Å². The van der Waals surface area contributed by atoms with Gasteiger partial charge in [-0.15, -0.1) is 0 Å². The Morgan fingerprint density at radius 2 is 1.69 bits per heavy atom. The molecule has 0 spiro atoms. The van der Waals surface area contributed by atoms with E-state index in [4.69, 9.17) is 11.5 Å². The van der Waals surface area contributed by atoms with E-state index in [1.54, 1.807) is 0 Å². The first kappa shape index (κ1) is 11.0. The molecule has 4 N–H and O–H groups in total. The second-order valence-corrected chi connectivity index (χ2v) is 7.56. The fraction of sp³-hybridized carbons (Fsp3) is 1.00. The third-order valence-corrected chi connectivity index (χ3v) is 5.69. The number of hydrogen-bond acceptors (Lipinski definition) is 2. The molecule has 92 valence electrons. The van der Waals surface area contributed by atoms with Crippen LogP contribution in [-0.2, 0) is 0 Å². The van der Waals surface area contributed by atoms with Gasteiger partial charge >= 0.3 is 0 Å². The van der Waals surface area contributed by atoms with Crippen LogP contribution in [0.4, 0.5) is 0 Å². The molecule has 4 rings (SSSR count). The smallest absolute Gasteiger partial charge is 0.00200 e. The molecule has 0 aromatic rings. The van der Waals surface area contributed by atoms with Crippen molar-refractivity contribution in [3.63, 3.8) is 0 Å². The lowest BCUT2D eigenvalue weighted by Crippen LogP contribution is -2.58. The van der Waals surface area contributed by atoms with Gasteiger partial charge in [-0.25, -0.2) is 0 Å². The minimum Gasteiger partial charge on any atom is -0.330 e. The molecule has 4 aliphatic carbocycles. The summed E-state index contributed by atoms with van der Waals surface area (Å²) in [6.07, 6.45) is 9.74. The highest BCUT2D eigenvalue weighted by Gasteiger charge is 2.60. The summed E-state index contributed by atoms with van der Waals surface area (Å²) in [7, 11) is 0. The lowest BCUT2D eigenvalue weighted by molar-refractivity contribution is -0.149. The second kappa shape index (κ2) is 3.23. The molecule has 0 aromatic heterocycles. The third-order valence-electron chi connectivity index (χ3n) is 5.69. The van der Waals surface area contributed by atoms with E-state index in [2.05, 4.69) is 6.92 Å². The van der Waals surface area contributed by atoms with Crippen molar-refractivity contribution in [3.05, 3.63) is 0 Å². The highest BCUT2D eigenvalue weighted by Crippen LogP contribution is 2.70. The van der Waals surface area contributed by atoms with Crippen molar-refractivity contribution < 1.29 is 0 Å². The molecule has 4 fully saturated rings. The van der Waals surface area contributed by atoms with Gasteiger partial charge in [0, 0.05) is 0 Å². The van der Waals surface area contributed by atoms with E-state index in [9.17, 15) is 0 Å². The number of rotatable bonds is 3. The Labute approximate surface area is 99.1 Å². The van der Waals surface area contributed by atoms with E-state index in [1.165, 1.54) is 44.9 Å². The Hall–Kier alpha value is -0.0800. The van der Waals surface area contributed by atoms with E-state index >= 15 is 0 Å². The van der Waals surface area contributed by atoms with E-state index in [0.29, 0.717) is 16.2 Å². The highest BCUT2D eigenvalue weighted by molar-refractivity contribution is 5.11. The molecule has 0 aliphatic heterocycles. The fourth-order valence-electron chi connectivity index (χ4n) is 6.18. The van der Waals surface area contributed by atoms with Crippen molar-refractivity contribution in [2.24, 2.45) is 33.6 Å². The van der Waals surface area contributed by atoms with Gasteiger partial charge in [-0.3, -0.25) is 0 Å². The van der Waals surface area contributed by atoms with Gasteiger partial charge in [-0.05, 0) is 80.2 Å². The Kier molecular flexibility index (Phi) is 2.23. The molecule has 4 aliphatic rings. The molecule has 2 heteroatoms. The summed E-state index contributed by atoms with van der Waals surface area (Å²) >= 11 is 0. The van der Waals surface area contributed by atoms with Crippen LogP contribution in [0.3, 0.4) is 0 Å². The van der Waals surface area contributed by atoms with E-state index < -0.39 is 0 Å². The first-order valence-corrected chi connectivity index (χ1v) is 6.93. The largest absolute Gasteiger partial charge is 0.330 e. The molecule has 0 amide bonds. The quantitative estimate of drug-likeness (QED) is 0.769. The van der Waals surface area contributed by atoms with Gasteiger partial charge in [-0.2, -0.15) is 0 Å². The average molecular weight is 222 g/mol. The van der Waals surface area contributed by atoms with Gasteiger partial charge in [0.1, 0.15) is 0 Å². The van der Waals surface area contributed by atoms with Crippen LogP contribution in [-0.4, -0.2) is 13.1 Å². The van der Waals surface area contributed by atoms with Crippen molar-refractivity contribution in [2.75, 3.05) is 13.1 Å². The molecule has 4 saturated carbocycles.